The van der Waals surface area contributed by atoms with E-state index in [0.29, 0.717) is 17.4 Å². The molecule has 9 nitrogen and oxygen atoms in total. The number of aliphatic carboxylic acids is 1. The maximum Gasteiger partial charge on any atom is 0.306 e. The highest BCUT2D eigenvalue weighted by Crippen LogP contribution is 2.18. The van der Waals surface area contributed by atoms with Crippen LogP contribution in [0.5, 0.6) is 0 Å². The molecule has 2 atom stereocenters. The number of carbonyl (C=O) groups excluding carboxylic acids is 3. The average Bonchev–Trinajstić information content (AvgIpc) is 3.73. The van der Waals surface area contributed by atoms with Crippen LogP contribution in [0.1, 0.15) is 309 Å². The number of carbonyl (C=O) groups is 3. The molecule has 0 N–H and O–H groups in total. The number of esters is 2. The summed E-state index contributed by atoms with van der Waals surface area (Å²) in [7, 11) is 5.93. The third kappa shape index (κ3) is 74.4. The molecule has 0 spiro atoms. The molecular weight excluding hydrogens is 1150 g/mol. The first-order valence-corrected chi connectivity index (χ1v) is 38.0. The molecule has 0 fully saturated rings. The van der Waals surface area contributed by atoms with Crippen LogP contribution < -0.4 is 5.11 Å². The van der Waals surface area contributed by atoms with Crippen LogP contribution >= 0.6 is 0 Å². The molecule has 0 aliphatic heterocycles. The van der Waals surface area contributed by atoms with Crippen LogP contribution in [0.15, 0.2) is 146 Å². The molecular formula is C84H141NO8. The van der Waals surface area contributed by atoms with E-state index in [0.717, 1.165) is 116 Å². The highest BCUT2D eigenvalue weighted by molar-refractivity contribution is 5.70. The van der Waals surface area contributed by atoms with Gasteiger partial charge in [-0.3, -0.25) is 9.59 Å². The van der Waals surface area contributed by atoms with Crippen molar-refractivity contribution in [3.63, 3.8) is 0 Å². The van der Waals surface area contributed by atoms with E-state index in [2.05, 4.69) is 160 Å². The lowest BCUT2D eigenvalue weighted by Crippen LogP contribution is -2.44. The molecule has 0 aromatic heterocycles. The lowest BCUT2D eigenvalue weighted by molar-refractivity contribution is -0.870. The third-order valence-corrected chi connectivity index (χ3v) is 16.1. The van der Waals surface area contributed by atoms with Crippen LogP contribution in [0.4, 0.5) is 0 Å². The Hall–Kier alpha value is -4.83. The van der Waals surface area contributed by atoms with E-state index in [4.69, 9.17) is 18.9 Å². The molecule has 0 radical (unpaired) electrons. The van der Waals surface area contributed by atoms with E-state index < -0.39 is 24.3 Å². The van der Waals surface area contributed by atoms with Crippen LogP contribution in [0, 0.1) is 0 Å². The zero-order valence-corrected chi connectivity index (χ0v) is 60.6. The van der Waals surface area contributed by atoms with Gasteiger partial charge < -0.3 is 33.3 Å². The molecule has 93 heavy (non-hydrogen) atoms. The summed E-state index contributed by atoms with van der Waals surface area (Å²) in [4.78, 5) is 37.6. The Bertz CT molecular complexity index is 2040. The van der Waals surface area contributed by atoms with Gasteiger partial charge in [-0.15, -0.1) is 0 Å². The van der Waals surface area contributed by atoms with Gasteiger partial charge in [0.15, 0.2) is 12.4 Å². The van der Waals surface area contributed by atoms with Gasteiger partial charge >= 0.3 is 11.9 Å². The molecule has 0 aromatic rings. The fraction of sp³-hybridized carbons (Fsp3) is 0.679. The Morgan fingerprint density at radius 1 is 0.323 bits per heavy atom. The number of carboxylic acids is 1. The van der Waals surface area contributed by atoms with Crippen LogP contribution in [0.25, 0.3) is 0 Å². The van der Waals surface area contributed by atoms with Gasteiger partial charge in [-0.05, 0) is 116 Å². The van der Waals surface area contributed by atoms with Crippen molar-refractivity contribution >= 4 is 17.9 Å². The van der Waals surface area contributed by atoms with Crippen LogP contribution in [-0.4, -0.2) is 82.3 Å². The number of hydrogen-bond donors (Lipinski definition) is 0. The second-order valence-corrected chi connectivity index (χ2v) is 26.2. The average molecular weight is 1290 g/mol. The van der Waals surface area contributed by atoms with Crippen molar-refractivity contribution in [2.75, 3.05) is 47.5 Å². The first-order chi connectivity index (χ1) is 45.6. The standard InChI is InChI=1S/C84H141NO8/c1-6-8-10-12-14-16-18-20-22-24-26-28-30-32-34-36-38-39-40-41-42-43-45-47-49-51-53-55-57-59-61-63-65-67-69-71-73-75-82(87)93-80(79-92-84(83(88)89)90-77-76-85(3,4)5)78-91-81(86)74-72-70-68-66-64-62-60-58-56-54-52-50-48-46-44-37-35-33-31-29-27-25-23-21-19-17-15-13-11-9-7-2/h8-11,14-17,20-23,26-29,32-35,38-39,44,46,80,84H,6-7,12-13,18-19,24-25,30-31,36-37,40-43,45,47-79H2,1-5H3/b10-8-,11-9-,16-14-,17-15-,22-20-,23-21-,28-26-,29-27-,34-32-,35-33-,39-38-,46-44-. The minimum Gasteiger partial charge on any atom is -0.545 e. The number of unbranched alkanes of at least 4 members (excludes halogenated alkanes) is 30. The molecule has 0 saturated carbocycles. The van der Waals surface area contributed by atoms with Crippen molar-refractivity contribution < 1.29 is 42.9 Å². The Morgan fingerprint density at radius 2 is 0.581 bits per heavy atom. The zero-order valence-electron chi connectivity index (χ0n) is 60.6. The third-order valence-electron chi connectivity index (χ3n) is 16.1. The summed E-state index contributed by atoms with van der Waals surface area (Å²) in [5, 5.41) is 11.9. The lowest BCUT2D eigenvalue weighted by atomic mass is 10.0. The minimum atomic E-state index is -1.63. The van der Waals surface area contributed by atoms with Gasteiger partial charge in [0.25, 0.3) is 0 Å². The lowest BCUT2D eigenvalue weighted by Gasteiger charge is -2.26. The van der Waals surface area contributed by atoms with Gasteiger partial charge in [-0.2, -0.15) is 0 Å². The molecule has 2 unspecified atom stereocenters. The Labute approximate surface area is 572 Å². The summed E-state index contributed by atoms with van der Waals surface area (Å²) >= 11 is 0. The quantitative estimate of drug-likeness (QED) is 0.0195. The number of quaternary nitrogens is 1. The Kier molecular flexibility index (Phi) is 69.2. The molecule has 0 aromatic carbocycles. The molecule has 0 rings (SSSR count). The topological polar surface area (TPSA) is 111 Å². The van der Waals surface area contributed by atoms with Crippen molar-refractivity contribution in [3.8, 4) is 0 Å². The largest absolute Gasteiger partial charge is 0.545 e. The highest BCUT2D eigenvalue weighted by atomic mass is 16.7. The van der Waals surface area contributed by atoms with Crippen LogP contribution in [0.2, 0.25) is 0 Å². The number of hydrogen-bond acceptors (Lipinski definition) is 8. The van der Waals surface area contributed by atoms with E-state index in [-0.39, 0.29) is 38.6 Å². The van der Waals surface area contributed by atoms with Crippen molar-refractivity contribution in [1.29, 1.82) is 0 Å². The van der Waals surface area contributed by atoms with E-state index in [1.54, 1.807) is 0 Å². The molecule has 0 saturated heterocycles. The number of ether oxygens (including phenoxy) is 4. The number of likely N-dealkylation sites (N-methyl/N-ethyl adjacent to an activating group) is 1. The summed E-state index contributed by atoms with van der Waals surface area (Å²) in [5.41, 5.74) is 0. The van der Waals surface area contributed by atoms with Gasteiger partial charge in [0.2, 0.25) is 0 Å². The van der Waals surface area contributed by atoms with Crippen molar-refractivity contribution in [3.05, 3.63) is 146 Å². The first-order valence-electron chi connectivity index (χ1n) is 38.0. The molecule has 0 aliphatic carbocycles. The summed E-state index contributed by atoms with van der Waals surface area (Å²) < 4.78 is 22.8. The predicted molar refractivity (Wildman–Crippen MR) is 398 cm³/mol. The van der Waals surface area contributed by atoms with Gasteiger partial charge in [0, 0.05) is 12.8 Å². The van der Waals surface area contributed by atoms with Gasteiger partial charge in [0.05, 0.1) is 40.3 Å². The summed E-state index contributed by atoms with van der Waals surface area (Å²) in [6.45, 7) is 4.54. The normalized spacial score (nSPS) is 13.5. The number of carboxylic acid groups (broad SMARTS) is 1. The van der Waals surface area contributed by atoms with E-state index in [9.17, 15) is 19.5 Å². The van der Waals surface area contributed by atoms with E-state index in [1.807, 2.05) is 21.1 Å². The van der Waals surface area contributed by atoms with Crippen molar-refractivity contribution in [2.24, 2.45) is 0 Å². The van der Waals surface area contributed by atoms with Gasteiger partial charge in [-0.25, -0.2) is 0 Å². The Morgan fingerprint density at radius 3 is 0.860 bits per heavy atom. The fourth-order valence-corrected chi connectivity index (χ4v) is 10.4. The van der Waals surface area contributed by atoms with E-state index >= 15 is 0 Å². The molecule has 0 heterocycles. The highest BCUT2D eigenvalue weighted by Gasteiger charge is 2.22. The summed E-state index contributed by atoms with van der Waals surface area (Å²) in [6.07, 6.45) is 104. The molecule has 0 bridgehead atoms. The number of allylic oxidation sites excluding steroid dienone is 24. The maximum absolute atomic E-state index is 13.0. The fourth-order valence-electron chi connectivity index (χ4n) is 10.4. The first kappa shape index (κ1) is 88.2. The molecule has 530 valence electrons. The summed E-state index contributed by atoms with van der Waals surface area (Å²) in [5.74, 6) is -2.28. The Balaban J connectivity index is 4.08. The minimum absolute atomic E-state index is 0.143. The monoisotopic (exact) mass is 1290 g/mol. The van der Waals surface area contributed by atoms with Gasteiger partial charge in [-0.1, -0.05) is 327 Å². The van der Waals surface area contributed by atoms with Crippen LogP contribution in [0.3, 0.4) is 0 Å². The van der Waals surface area contributed by atoms with Crippen LogP contribution in [-0.2, 0) is 33.3 Å². The van der Waals surface area contributed by atoms with Crippen molar-refractivity contribution in [2.45, 2.75) is 322 Å². The summed E-state index contributed by atoms with van der Waals surface area (Å²) in [6, 6.07) is 0. The molecule has 9 heteroatoms. The zero-order chi connectivity index (χ0) is 67.5. The van der Waals surface area contributed by atoms with E-state index in [1.165, 1.54) is 161 Å². The SMILES string of the molecule is CC/C=C\C/C=C\C/C=C\C/C=C\C/C=C\C/C=C\CCCCCCCCCCCCCCCCCCCCC(=O)OC(COC(=O)CCCCCCCCCCCCCC/C=C\C/C=C\C/C=C\C/C=C\C/C=C\C/C=C\CC)COC(OCC[N+](C)(C)C)C(=O)[O-]. The second kappa shape index (κ2) is 73.0. The predicted octanol–water partition coefficient (Wildman–Crippen LogP) is 22.9. The number of nitrogens with zero attached hydrogens (tertiary/aromatic N) is 1. The number of rotatable bonds is 69. The van der Waals surface area contributed by atoms with Crippen molar-refractivity contribution in [1.82, 2.24) is 0 Å². The maximum atomic E-state index is 13.0. The molecule has 0 aliphatic rings. The second-order valence-electron chi connectivity index (χ2n) is 26.2. The smallest absolute Gasteiger partial charge is 0.306 e. The van der Waals surface area contributed by atoms with Gasteiger partial charge in [0.1, 0.15) is 13.2 Å². The molecule has 0 amide bonds.